The van der Waals surface area contributed by atoms with Crippen LogP contribution >= 0.6 is 0 Å². The van der Waals surface area contributed by atoms with Gasteiger partial charge in [-0.3, -0.25) is 0 Å². The van der Waals surface area contributed by atoms with E-state index in [0.29, 0.717) is 11.9 Å². The van der Waals surface area contributed by atoms with Gasteiger partial charge in [0, 0.05) is 26.7 Å². The molecule has 0 aliphatic rings. The summed E-state index contributed by atoms with van der Waals surface area (Å²) in [5, 5.41) is 11.9. The Kier molecular flexibility index (Phi) is 4.89. The maximum Gasteiger partial charge on any atom is 0.231 e. The van der Waals surface area contributed by atoms with Crippen molar-refractivity contribution in [2.45, 2.75) is 25.8 Å². The van der Waals surface area contributed by atoms with E-state index in [0.717, 1.165) is 12.8 Å². The zero-order valence-corrected chi connectivity index (χ0v) is 10.5. The smallest absolute Gasteiger partial charge is 0.231 e. The summed E-state index contributed by atoms with van der Waals surface area (Å²) in [7, 11) is 3.68. The quantitative estimate of drug-likeness (QED) is 0.648. The lowest BCUT2D eigenvalue weighted by Gasteiger charge is -2.15. The first-order chi connectivity index (χ1) is 8.02. The molecule has 17 heavy (non-hydrogen) atoms. The molecule has 96 valence electrons. The highest BCUT2D eigenvalue weighted by atomic mass is 16.2. The average Bonchev–Trinajstić information content (AvgIpc) is 2.25. The van der Waals surface area contributed by atoms with Crippen LogP contribution in [0.15, 0.2) is 0 Å². The van der Waals surface area contributed by atoms with Gasteiger partial charge in [-0.2, -0.15) is 15.0 Å². The molecule has 1 heterocycles. The fourth-order valence-electron chi connectivity index (χ4n) is 1.34. The van der Waals surface area contributed by atoms with E-state index in [1.165, 1.54) is 0 Å². The number of nitrogens with zero attached hydrogens (tertiary/aromatic N) is 4. The predicted octanol–water partition coefficient (Wildman–Crippen LogP) is 0.0927. The van der Waals surface area contributed by atoms with Crippen LogP contribution in [0.4, 0.5) is 17.8 Å². The lowest BCUT2D eigenvalue weighted by atomic mass is 10.2. The number of aliphatic hydroxyl groups is 1. The minimum atomic E-state index is 0.180. The maximum atomic E-state index is 8.75. The van der Waals surface area contributed by atoms with Crippen LogP contribution in [-0.2, 0) is 0 Å². The Morgan fingerprint density at radius 1 is 1.35 bits per heavy atom. The first kappa shape index (κ1) is 13.4. The second kappa shape index (κ2) is 6.19. The van der Waals surface area contributed by atoms with Crippen LogP contribution in [0.2, 0.25) is 0 Å². The molecule has 1 unspecified atom stereocenters. The first-order valence-electron chi connectivity index (χ1n) is 5.59. The number of aromatic nitrogens is 3. The lowest BCUT2D eigenvalue weighted by Crippen LogP contribution is -2.21. The molecule has 7 nitrogen and oxygen atoms in total. The molecule has 1 aromatic rings. The van der Waals surface area contributed by atoms with Crippen molar-refractivity contribution < 1.29 is 5.11 Å². The molecular formula is C10H20N6O. The zero-order chi connectivity index (χ0) is 12.8. The molecule has 7 heteroatoms. The molecule has 0 aromatic carbocycles. The zero-order valence-electron chi connectivity index (χ0n) is 10.5. The van der Waals surface area contributed by atoms with Crippen molar-refractivity contribution in [2.75, 3.05) is 36.7 Å². The van der Waals surface area contributed by atoms with Crippen molar-refractivity contribution in [2.24, 2.45) is 0 Å². The average molecular weight is 240 g/mol. The summed E-state index contributed by atoms with van der Waals surface area (Å²) in [5.41, 5.74) is 5.60. The molecule has 1 rings (SSSR count). The van der Waals surface area contributed by atoms with Gasteiger partial charge in [-0.15, -0.1) is 0 Å². The topological polar surface area (TPSA) is 100 Å². The normalized spacial score (nSPS) is 12.2. The Morgan fingerprint density at radius 2 is 2.06 bits per heavy atom. The van der Waals surface area contributed by atoms with E-state index >= 15 is 0 Å². The minimum absolute atomic E-state index is 0.180. The molecule has 0 amide bonds. The highest BCUT2D eigenvalue weighted by Crippen LogP contribution is 2.11. The summed E-state index contributed by atoms with van der Waals surface area (Å²) in [5.74, 6) is 1.18. The van der Waals surface area contributed by atoms with Gasteiger partial charge in [-0.1, -0.05) is 0 Å². The van der Waals surface area contributed by atoms with E-state index < -0.39 is 0 Å². The van der Waals surface area contributed by atoms with Crippen LogP contribution in [0.1, 0.15) is 19.8 Å². The van der Waals surface area contributed by atoms with Crippen molar-refractivity contribution in [1.29, 1.82) is 0 Å². The number of hydrogen-bond acceptors (Lipinski definition) is 7. The number of nitrogens with one attached hydrogen (secondary N) is 1. The monoisotopic (exact) mass is 240 g/mol. The molecule has 0 saturated heterocycles. The van der Waals surface area contributed by atoms with Crippen LogP contribution < -0.4 is 16.0 Å². The van der Waals surface area contributed by atoms with Crippen LogP contribution in [0.3, 0.4) is 0 Å². The summed E-state index contributed by atoms with van der Waals surface area (Å²) < 4.78 is 0. The molecule has 0 saturated carbocycles. The van der Waals surface area contributed by atoms with E-state index in [2.05, 4.69) is 20.3 Å². The van der Waals surface area contributed by atoms with Gasteiger partial charge in [0.05, 0.1) is 0 Å². The molecular weight excluding hydrogens is 220 g/mol. The first-order valence-corrected chi connectivity index (χ1v) is 5.59. The Morgan fingerprint density at radius 3 is 2.65 bits per heavy atom. The number of rotatable bonds is 6. The standard InChI is InChI=1S/C10H20N6O/c1-7(5-4-6-17)12-9-13-8(11)14-10(15-9)16(2)3/h7,17H,4-6H2,1-3H3,(H3,11,12,13,14,15). The van der Waals surface area contributed by atoms with Crippen LogP contribution in [0.25, 0.3) is 0 Å². The molecule has 0 aliphatic carbocycles. The Bertz CT molecular complexity index is 357. The second-order valence-electron chi connectivity index (χ2n) is 4.12. The van der Waals surface area contributed by atoms with Gasteiger partial charge in [0.15, 0.2) is 0 Å². The van der Waals surface area contributed by atoms with Gasteiger partial charge in [-0.05, 0) is 19.8 Å². The second-order valence-corrected chi connectivity index (χ2v) is 4.12. The third kappa shape index (κ3) is 4.39. The van der Waals surface area contributed by atoms with Crippen molar-refractivity contribution in [3.05, 3.63) is 0 Å². The SMILES string of the molecule is CC(CCCO)Nc1nc(N)nc(N(C)C)n1. The fourth-order valence-corrected chi connectivity index (χ4v) is 1.34. The van der Waals surface area contributed by atoms with Crippen LogP contribution in [0, 0.1) is 0 Å². The summed E-state index contributed by atoms with van der Waals surface area (Å²) in [6.45, 7) is 2.19. The van der Waals surface area contributed by atoms with Crippen molar-refractivity contribution in [3.8, 4) is 0 Å². The van der Waals surface area contributed by atoms with E-state index in [9.17, 15) is 0 Å². The third-order valence-corrected chi connectivity index (χ3v) is 2.21. The Hall–Kier alpha value is -1.63. The highest BCUT2D eigenvalue weighted by molar-refractivity contribution is 5.41. The van der Waals surface area contributed by atoms with Crippen molar-refractivity contribution in [1.82, 2.24) is 15.0 Å². The summed E-state index contributed by atoms with van der Waals surface area (Å²) in [4.78, 5) is 14.0. The molecule has 0 spiro atoms. The summed E-state index contributed by atoms with van der Waals surface area (Å²) in [6, 6.07) is 0.180. The van der Waals surface area contributed by atoms with Gasteiger partial charge in [-0.25, -0.2) is 0 Å². The largest absolute Gasteiger partial charge is 0.396 e. The summed E-state index contributed by atoms with van der Waals surface area (Å²) >= 11 is 0. The molecule has 0 aliphatic heterocycles. The van der Waals surface area contributed by atoms with E-state index in [4.69, 9.17) is 10.8 Å². The van der Waals surface area contributed by atoms with Crippen molar-refractivity contribution in [3.63, 3.8) is 0 Å². The van der Waals surface area contributed by atoms with Gasteiger partial charge in [0.1, 0.15) is 0 Å². The van der Waals surface area contributed by atoms with E-state index in [1.807, 2.05) is 21.0 Å². The maximum absolute atomic E-state index is 8.75. The van der Waals surface area contributed by atoms with Crippen LogP contribution in [0.5, 0.6) is 0 Å². The van der Waals surface area contributed by atoms with Gasteiger partial charge >= 0.3 is 0 Å². The molecule has 1 aromatic heterocycles. The number of nitrogen functional groups attached to an aromatic ring is 1. The molecule has 0 radical (unpaired) electrons. The Balaban J connectivity index is 2.70. The number of hydrogen-bond donors (Lipinski definition) is 3. The van der Waals surface area contributed by atoms with E-state index in [1.54, 1.807) is 4.90 Å². The van der Waals surface area contributed by atoms with E-state index in [-0.39, 0.29) is 18.6 Å². The highest BCUT2D eigenvalue weighted by Gasteiger charge is 2.08. The fraction of sp³-hybridized carbons (Fsp3) is 0.700. The Labute approximate surface area is 101 Å². The number of nitrogens with two attached hydrogens (primary N) is 1. The lowest BCUT2D eigenvalue weighted by molar-refractivity contribution is 0.282. The molecule has 4 N–H and O–H groups in total. The molecule has 0 bridgehead atoms. The molecule has 1 atom stereocenters. The van der Waals surface area contributed by atoms with Gasteiger partial charge in [0.2, 0.25) is 17.8 Å². The minimum Gasteiger partial charge on any atom is -0.396 e. The van der Waals surface area contributed by atoms with Crippen molar-refractivity contribution >= 4 is 17.8 Å². The van der Waals surface area contributed by atoms with Crippen LogP contribution in [-0.4, -0.2) is 46.8 Å². The molecule has 0 fully saturated rings. The van der Waals surface area contributed by atoms with Gasteiger partial charge in [0.25, 0.3) is 0 Å². The summed E-state index contributed by atoms with van der Waals surface area (Å²) in [6.07, 6.45) is 1.59. The predicted molar refractivity (Wildman–Crippen MR) is 68.0 cm³/mol. The number of aliphatic hydroxyl groups excluding tert-OH is 1. The van der Waals surface area contributed by atoms with Gasteiger partial charge < -0.3 is 21.1 Å². The third-order valence-electron chi connectivity index (χ3n) is 2.21. The number of anilines is 3.